The van der Waals surface area contributed by atoms with Crippen molar-refractivity contribution in [1.29, 1.82) is 0 Å². The van der Waals surface area contributed by atoms with Crippen molar-refractivity contribution in [1.82, 2.24) is 15.5 Å². The molecule has 0 saturated carbocycles. The molecule has 2 aromatic rings. The lowest BCUT2D eigenvalue weighted by Crippen LogP contribution is -2.48. The van der Waals surface area contributed by atoms with Gasteiger partial charge in [0.25, 0.3) is 5.91 Å². The molecule has 1 saturated heterocycles. The Kier molecular flexibility index (Phi) is 16.6. The molecule has 1 aliphatic heterocycles. The molecule has 1 aliphatic rings. The second kappa shape index (κ2) is 18.2. The van der Waals surface area contributed by atoms with Crippen molar-refractivity contribution in [2.75, 3.05) is 26.2 Å². The molecule has 10 heteroatoms. The minimum atomic E-state index is -0.495. The monoisotopic (exact) mass is 646 g/mol. The first-order valence-electron chi connectivity index (χ1n) is 14.1. The molecule has 2 unspecified atom stereocenters. The van der Waals surface area contributed by atoms with Crippen molar-refractivity contribution < 1.29 is 9.59 Å². The summed E-state index contributed by atoms with van der Waals surface area (Å²) in [6.45, 7) is 11.6. The highest BCUT2D eigenvalue weighted by molar-refractivity contribution is 6.42. The van der Waals surface area contributed by atoms with E-state index in [-0.39, 0.29) is 48.6 Å². The molecule has 3 rings (SSSR count). The predicted octanol–water partition coefficient (Wildman–Crippen LogP) is 6.19. The number of nitrogens with zero attached hydrogens (tertiary/aromatic N) is 1. The second-order valence-electron chi connectivity index (χ2n) is 11.5. The number of nitrogens with one attached hydrogen (secondary N) is 2. The SMILES string of the molecule is CC(C)C(CN1CCC(Cc2ccc(Cl)c(Cl)c2)CC1)NC(=O)c1ccc(CCNC(=O)C(N)C(C)C)cc1.Cl.Cl. The van der Waals surface area contributed by atoms with Gasteiger partial charge in [-0.05, 0) is 91.9 Å². The van der Waals surface area contributed by atoms with Gasteiger partial charge in [0.15, 0.2) is 0 Å². The zero-order valence-electron chi connectivity index (χ0n) is 24.5. The van der Waals surface area contributed by atoms with Crippen LogP contribution in [0.15, 0.2) is 42.5 Å². The van der Waals surface area contributed by atoms with Crippen LogP contribution in [0.4, 0.5) is 0 Å². The topological polar surface area (TPSA) is 87.5 Å². The van der Waals surface area contributed by atoms with Gasteiger partial charge in [-0.25, -0.2) is 0 Å². The fourth-order valence-corrected chi connectivity index (χ4v) is 5.22. The lowest BCUT2D eigenvalue weighted by atomic mass is 9.89. The number of hydrogen-bond acceptors (Lipinski definition) is 4. The number of benzene rings is 2. The number of nitrogens with two attached hydrogens (primary N) is 1. The molecule has 0 bridgehead atoms. The number of likely N-dealkylation sites (tertiary alicyclic amines) is 1. The first kappa shape index (κ1) is 37.5. The van der Waals surface area contributed by atoms with E-state index in [1.807, 2.05) is 50.2 Å². The number of hydrogen-bond donors (Lipinski definition) is 3. The van der Waals surface area contributed by atoms with E-state index in [0.717, 1.165) is 44.5 Å². The number of piperidine rings is 1. The van der Waals surface area contributed by atoms with Crippen LogP contribution in [0.25, 0.3) is 0 Å². The largest absolute Gasteiger partial charge is 0.354 e. The molecule has 1 heterocycles. The lowest BCUT2D eigenvalue weighted by Gasteiger charge is -2.35. The standard InChI is InChI=1S/C31H44Cl2N4O2.2ClH/c1-20(2)28(19-37-15-12-23(13-16-37)17-24-7-10-26(32)27(33)18-24)36-30(38)25-8-5-22(6-9-25)11-14-35-31(39)29(34)21(3)4;;/h5-10,18,20-21,23,28-29H,11-17,19,34H2,1-4H3,(H,35,39)(H,36,38);2*1H. The maximum Gasteiger partial charge on any atom is 0.251 e. The van der Waals surface area contributed by atoms with Crippen LogP contribution in [0.5, 0.6) is 0 Å². The lowest BCUT2D eigenvalue weighted by molar-refractivity contribution is -0.123. The van der Waals surface area contributed by atoms with Gasteiger partial charge in [0.1, 0.15) is 0 Å². The Balaban J connectivity index is 0.00000420. The summed E-state index contributed by atoms with van der Waals surface area (Å²) in [7, 11) is 0. The van der Waals surface area contributed by atoms with Crippen LogP contribution in [0.2, 0.25) is 10.0 Å². The number of carbonyl (C=O) groups is 2. The fourth-order valence-electron chi connectivity index (χ4n) is 4.90. The van der Waals surface area contributed by atoms with Gasteiger partial charge < -0.3 is 21.3 Å². The molecule has 0 aliphatic carbocycles. The zero-order valence-corrected chi connectivity index (χ0v) is 27.6. The molecular formula is C31H46Cl4N4O2. The normalized spacial score (nSPS) is 15.5. The molecule has 2 amide bonds. The van der Waals surface area contributed by atoms with Gasteiger partial charge in [-0.15, -0.1) is 24.8 Å². The van der Waals surface area contributed by atoms with Crippen LogP contribution in [0, 0.1) is 17.8 Å². The van der Waals surface area contributed by atoms with Gasteiger partial charge in [0, 0.05) is 24.7 Å². The number of halogens is 4. The van der Waals surface area contributed by atoms with Gasteiger partial charge in [0.2, 0.25) is 5.91 Å². The van der Waals surface area contributed by atoms with E-state index in [2.05, 4.69) is 35.4 Å². The highest BCUT2D eigenvalue weighted by atomic mass is 35.5. The Hall–Kier alpha value is -1.54. The van der Waals surface area contributed by atoms with Crippen molar-refractivity contribution in [3.05, 3.63) is 69.2 Å². The smallest absolute Gasteiger partial charge is 0.251 e. The van der Waals surface area contributed by atoms with Gasteiger partial charge in [-0.3, -0.25) is 9.59 Å². The van der Waals surface area contributed by atoms with E-state index < -0.39 is 6.04 Å². The van der Waals surface area contributed by atoms with Crippen molar-refractivity contribution in [3.8, 4) is 0 Å². The van der Waals surface area contributed by atoms with E-state index in [4.69, 9.17) is 28.9 Å². The molecule has 0 spiro atoms. The van der Waals surface area contributed by atoms with Gasteiger partial charge in [-0.2, -0.15) is 0 Å². The van der Waals surface area contributed by atoms with Crippen molar-refractivity contribution in [3.63, 3.8) is 0 Å². The average Bonchev–Trinajstić information content (AvgIpc) is 2.91. The van der Waals surface area contributed by atoms with E-state index >= 15 is 0 Å². The first-order chi connectivity index (χ1) is 18.5. The summed E-state index contributed by atoms with van der Waals surface area (Å²) in [6.07, 6.45) is 3.96. The van der Waals surface area contributed by atoms with Crippen LogP contribution in [-0.2, 0) is 17.6 Å². The molecule has 2 atom stereocenters. The average molecular weight is 649 g/mol. The van der Waals surface area contributed by atoms with E-state index in [1.165, 1.54) is 5.56 Å². The minimum Gasteiger partial charge on any atom is -0.354 e. The maximum atomic E-state index is 13.0. The van der Waals surface area contributed by atoms with Gasteiger partial charge >= 0.3 is 0 Å². The zero-order chi connectivity index (χ0) is 28.5. The molecule has 0 radical (unpaired) electrons. The quantitative estimate of drug-likeness (QED) is 0.256. The molecule has 6 nitrogen and oxygen atoms in total. The maximum absolute atomic E-state index is 13.0. The Labute approximate surface area is 268 Å². The van der Waals surface area contributed by atoms with Crippen LogP contribution in [0.1, 0.15) is 62.0 Å². The molecule has 41 heavy (non-hydrogen) atoms. The van der Waals surface area contributed by atoms with Crippen molar-refractivity contribution in [2.24, 2.45) is 23.5 Å². The third-order valence-corrected chi connectivity index (χ3v) is 8.48. The van der Waals surface area contributed by atoms with Crippen LogP contribution in [-0.4, -0.2) is 55.0 Å². The number of rotatable bonds is 12. The summed E-state index contributed by atoms with van der Waals surface area (Å²) in [4.78, 5) is 27.5. The summed E-state index contributed by atoms with van der Waals surface area (Å²) >= 11 is 12.2. The first-order valence-corrected chi connectivity index (χ1v) is 14.9. The Morgan fingerprint density at radius 3 is 2.10 bits per heavy atom. The number of amides is 2. The predicted molar refractivity (Wildman–Crippen MR) is 176 cm³/mol. The van der Waals surface area contributed by atoms with Gasteiger partial charge in [0.05, 0.1) is 16.1 Å². The van der Waals surface area contributed by atoms with E-state index in [0.29, 0.717) is 40.4 Å². The summed E-state index contributed by atoms with van der Waals surface area (Å²) in [5.41, 5.74) is 8.84. The Bertz CT molecular complexity index is 1090. The third kappa shape index (κ3) is 11.9. The molecule has 2 aromatic carbocycles. The molecule has 1 fully saturated rings. The highest BCUT2D eigenvalue weighted by Crippen LogP contribution is 2.27. The molecular weight excluding hydrogens is 602 g/mol. The molecule has 230 valence electrons. The van der Waals surface area contributed by atoms with Crippen molar-refractivity contribution >= 4 is 59.8 Å². The van der Waals surface area contributed by atoms with Crippen molar-refractivity contribution in [2.45, 2.75) is 65.5 Å². The number of carbonyl (C=O) groups excluding carboxylic acids is 2. The van der Waals surface area contributed by atoms with E-state index in [1.54, 1.807) is 0 Å². The molecule has 4 N–H and O–H groups in total. The summed E-state index contributed by atoms with van der Waals surface area (Å²) < 4.78 is 0. The van der Waals surface area contributed by atoms with Crippen LogP contribution >= 0.6 is 48.0 Å². The Morgan fingerprint density at radius 1 is 0.927 bits per heavy atom. The summed E-state index contributed by atoms with van der Waals surface area (Å²) in [5.74, 6) is 0.874. The third-order valence-electron chi connectivity index (χ3n) is 7.74. The minimum absolute atomic E-state index is 0. The summed E-state index contributed by atoms with van der Waals surface area (Å²) in [6, 6.07) is 13.1. The van der Waals surface area contributed by atoms with E-state index in [9.17, 15) is 9.59 Å². The highest BCUT2D eigenvalue weighted by Gasteiger charge is 2.25. The molecule has 0 aromatic heterocycles. The second-order valence-corrected chi connectivity index (χ2v) is 12.3. The van der Waals surface area contributed by atoms with Gasteiger partial charge in [-0.1, -0.05) is 69.1 Å². The summed E-state index contributed by atoms with van der Waals surface area (Å²) in [5, 5.41) is 7.37. The van der Waals surface area contributed by atoms with Crippen LogP contribution < -0.4 is 16.4 Å². The fraction of sp³-hybridized carbons (Fsp3) is 0.548. The Morgan fingerprint density at radius 2 is 1.54 bits per heavy atom. The van der Waals surface area contributed by atoms with Crippen LogP contribution in [0.3, 0.4) is 0 Å².